The maximum Gasteiger partial charge on any atom is 0.337 e. The van der Waals surface area contributed by atoms with Gasteiger partial charge in [-0.15, -0.1) is 0 Å². The zero-order valence-electron chi connectivity index (χ0n) is 9.36. The standard InChI is InChI=1S/C11H8F4N2O2/c12-10(13)11(14,15)4-17-5-16-8-6(9(18)19)2-1-3-7(8)17/h1-3,5,10H,4H2,(H,18,19). The smallest absolute Gasteiger partial charge is 0.337 e. The molecule has 0 unspecified atom stereocenters. The van der Waals surface area contributed by atoms with Crippen LogP contribution in [-0.2, 0) is 6.54 Å². The fraction of sp³-hybridized carbons (Fsp3) is 0.273. The number of imidazole rings is 1. The molecule has 0 radical (unpaired) electrons. The molecule has 1 heterocycles. The number of hydrogen-bond acceptors (Lipinski definition) is 2. The predicted molar refractivity (Wildman–Crippen MR) is 57.6 cm³/mol. The number of hydrogen-bond donors (Lipinski definition) is 1. The molecular weight excluding hydrogens is 268 g/mol. The second-order valence-corrected chi connectivity index (χ2v) is 3.91. The van der Waals surface area contributed by atoms with Crippen LogP contribution >= 0.6 is 0 Å². The molecule has 19 heavy (non-hydrogen) atoms. The second-order valence-electron chi connectivity index (χ2n) is 3.91. The third-order valence-electron chi connectivity index (χ3n) is 2.58. The molecule has 0 aliphatic carbocycles. The highest BCUT2D eigenvalue weighted by molar-refractivity contribution is 6.00. The highest BCUT2D eigenvalue weighted by Crippen LogP contribution is 2.27. The SMILES string of the molecule is O=C(O)c1cccc2c1ncn2CC(F)(F)C(F)F. The average Bonchev–Trinajstić information content (AvgIpc) is 2.71. The van der Waals surface area contributed by atoms with E-state index in [1.165, 1.54) is 18.2 Å². The molecule has 0 fully saturated rings. The van der Waals surface area contributed by atoms with Crippen molar-refractivity contribution in [1.82, 2.24) is 9.55 Å². The Balaban J connectivity index is 2.47. The summed E-state index contributed by atoms with van der Waals surface area (Å²) in [4.78, 5) is 14.6. The summed E-state index contributed by atoms with van der Waals surface area (Å²) in [5, 5.41) is 8.90. The molecule has 2 rings (SSSR count). The van der Waals surface area contributed by atoms with Crippen LogP contribution in [0.2, 0.25) is 0 Å². The molecule has 0 bridgehead atoms. The van der Waals surface area contributed by atoms with Crippen LogP contribution in [0.1, 0.15) is 10.4 Å². The van der Waals surface area contributed by atoms with E-state index < -0.39 is 24.9 Å². The van der Waals surface area contributed by atoms with Crippen LogP contribution in [0.25, 0.3) is 11.0 Å². The second kappa shape index (κ2) is 4.52. The van der Waals surface area contributed by atoms with Crippen LogP contribution in [0.4, 0.5) is 17.6 Å². The fourth-order valence-corrected chi connectivity index (χ4v) is 1.68. The Bertz CT molecular complexity index is 624. The van der Waals surface area contributed by atoms with Crippen LogP contribution in [0.5, 0.6) is 0 Å². The van der Waals surface area contributed by atoms with Gasteiger partial charge in [-0.2, -0.15) is 8.78 Å². The van der Waals surface area contributed by atoms with Crippen LogP contribution in [-0.4, -0.2) is 33.0 Å². The monoisotopic (exact) mass is 276 g/mol. The van der Waals surface area contributed by atoms with Gasteiger partial charge in [0.1, 0.15) is 5.52 Å². The van der Waals surface area contributed by atoms with Crippen molar-refractivity contribution in [2.45, 2.75) is 18.9 Å². The summed E-state index contributed by atoms with van der Waals surface area (Å²) in [5.74, 6) is -5.47. The van der Waals surface area contributed by atoms with Crippen molar-refractivity contribution in [2.24, 2.45) is 0 Å². The van der Waals surface area contributed by atoms with E-state index in [2.05, 4.69) is 4.98 Å². The normalized spacial score (nSPS) is 12.3. The molecule has 0 amide bonds. The zero-order chi connectivity index (χ0) is 14.2. The number of halogens is 4. The number of carbonyl (C=O) groups is 1. The van der Waals surface area contributed by atoms with Gasteiger partial charge in [-0.3, -0.25) is 0 Å². The first-order valence-corrected chi connectivity index (χ1v) is 5.16. The predicted octanol–water partition coefficient (Wildman–Crippen LogP) is 2.63. The summed E-state index contributed by atoms with van der Waals surface area (Å²) in [5.41, 5.74) is -0.114. The molecule has 0 saturated heterocycles. The number of alkyl halides is 4. The number of benzene rings is 1. The first-order chi connectivity index (χ1) is 8.83. The molecule has 0 saturated carbocycles. The van der Waals surface area contributed by atoms with Gasteiger partial charge in [0.25, 0.3) is 0 Å². The van der Waals surface area contributed by atoms with Crippen LogP contribution in [0, 0.1) is 0 Å². The Morgan fingerprint density at radius 1 is 1.42 bits per heavy atom. The Hall–Kier alpha value is -2.12. The summed E-state index contributed by atoms with van der Waals surface area (Å²) in [6.07, 6.45) is -2.87. The summed E-state index contributed by atoms with van der Waals surface area (Å²) in [6.45, 7) is -1.26. The lowest BCUT2D eigenvalue weighted by atomic mass is 10.2. The van der Waals surface area contributed by atoms with Gasteiger partial charge in [-0.25, -0.2) is 18.6 Å². The number of rotatable bonds is 4. The molecule has 1 N–H and O–H groups in total. The first kappa shape index (κ1) is 13.3. The van der Waals surface area contributed by atoms with Crippen molar-refractivity contribution >= 4 is 17.0 Å². The van der Waals surface area contributed by atoms with Gasteiger partial charge in [0.05, 0.1) is 24.0 Å². The van der Waals surface area contributed by atoms with Crippen LogP contribution < -0.4 is 0 Å². The third-order valence-corrected chi connectivity index (χ3v) is 2.58. The minimum atomic E-state index is -4.20. The van der Waals surface area contributed by atoms with E-state index in [1.54, 1.807) is 0 Å². The van der Waals surface area contributed by atoms with Crippen molar-refractivity contribution in [3.8, 4) is 0 Å². The van der Waals surface area contributed by atoms with E-state index in [0.717, 1.165) is 10.9 Å². The summed E-state index contributed by atoms with van der Waals surface area (Å²) in [6, 6.07) is 3.94. The molecule has 0 aliphatic rings. The van der Waals surface area contributed by atoms with Crippen molar-refractivity contribution < 1.29 is 27.5 Å². The zero-order valence-corrected chi connectivity index (χ0v) is 9.36. The van der Waals surface area contributed by atoms with Gasteiger partial charge >= 0.3 is 18.3 Å². The molecule has 8 heteroatoms. The Labute approximate surface area is 104 Å². The minimum absolute atomic E-state index is 0.0138. The van der Waals surface area contributed by atoms with Crippen molar-refractivity contribution in [1.29, 1.82) is 0 Å². The van der Waals surface area contributed by atoms with Crippen LogP contribution in [0.15, 0.2) is 24.5 Å². The van der Waals surface area contributed by atoms with Gasteiger partial charge in [0.2, 0.25) is 0 Å². The Morgan fingerprint density at radius 2 is 2.11 bits per heavy atom. The van der Waals surface area contributed by atoms with E-state index in [1.807, 2.05) is 0 Å². The molecule has 1 aromatic carbocycles. The highest BCUT2D eigenvalue weighted by Gasteiger charge is 2.41. The van der Waals surface area contributed by atoms with Crippen molar-refractivity contribution in [3.05, 3.63) is 30.1 Å². The summed E-state index contributed by atoms with van der Waals surface area (Å²) >= 11 is 0. The molecule has 1 aromatic heterocycles. The van der Waals surface area contributed by atoms with E-state index in [4.69, 9.17) is 5.11 Å². The number of carboxylic acids is 1. The number of para-hydroxylation sites is 1. The molecule has 2 aromatic rings. The molecule has 102 valence electrons. The fourth-order valence-electron chi connectivity index (χ4n) is 1.68. The van der Waals surface area contributed by atoms with Crippen molar-refractivity contribution in [3.63, 3.8) is 0 Å². The van der Waals surface area contributed by atoms with Gasteiger partial charge < -0.3 is 9.67 Å². The van der Waals surface area contributed by atoms with E-state index in [0.29, 0.717) is 0 Å². The average molecular weight is 276 g/mol. The van der Waals surface area contributed by atoms with Crippen molar-refractivity contribution in [2.75, 3.05) is 0 Å². The lowest BCUT2D eigenvalue weighted by Crippen LogP contribution is -2.31. The number of aromatic nitrogens is 2. The third kappa shape index (κ3) is 2.38. The topological polar surface area (TPSA) is 55.1 Å². The minimum Gasteiger partial charge on any atom is -0.478 e. The molecule has 0 spiro atoms. The number of fused-ring (bicyclic) bond motifs is 1. The molecule has 0 atom stereocenters. The van der Waals surface area contributed by atoms with Gasteiger partial charge in [0.15, 0.2) is 0 Å². The van der Waals surface area contributed by atoms with E-state index >= 15 is 0 Å². The number of aromatic carboxylic acids is 1. The van der Waals surface area contributed by atoms with Crippen LogP contribution in [0.3, 0.4) is 0 Å². The van der Waals surface area contributed by atoms with Gasteiger partial charge in [0, 0.05) is 0 Å². The summed E-state index contributed by atoms with van der Waals surface area (Å²) < 4.78 is 51.0. The molecular formula is C11H8F4N2O2. The lowest BCUT2D eigenvalue weighted by Gasteiger charge is -2.16. The summed E-state index contributed by atoms with van der Waals surface area (Å²) in [7, 11) is 0. The lowest BCUT2D eigenvalue weighted by molar-refractivity contribution is -0.137. The maximum absolute atomic E-state index is 13.0. The van der Waals surface area contributed by atoms with Gasteiger partial charge in [-0.1, -0.05) is 6.07 Å². The van der Waals surface area contributed by atoms with E-state index in [9.17, 15) is 22.4 Å². The quantitative estimate of drug-likeness (QED) is 0.873. The number of nitrogens with zero attached hydrogens (tertiary/aromatic N) is 2. The maximum atomic E-state index is 13.0. The number of carboxylic acid groups (broad SMARTS) is 1. The Morgan fingerprint density at radius 3 is 2.68 bits per heavy atom. The Kier molecular flexibility index (Phi) is 3.17. The molecule has 0 aliphatic heterocycles. The molecule has 4 nitrogen and oxygen atoms in total. The van der Waals surface area contributed by atoms with Gasteiger partial charge in [-0.05, 0) is 12.1 Å². The van der Waals surface area contributed by atoms with E-state index in [-0.39, 0.29) is 16.6 Å². The highest BCUT2D eigenvalue weighted by atomic mass is 19.3. The largest absolute Gasteiger partial charge is 0.478 e. The first-order valence-electron chi connectivity index (χ1n) is 5.16.